The van der Waals surface area contributed by atoms with Crippen molar-refractivity contribution in [3.8, 4) is 0 Å². The summed E-state index contributed by atoms with van der Waals surface area (Å²) in [6.07, 6.45) is 6.37. The first kappa shape index (κ1) is 18.3. The van der Waals surface area contributed by atoms with E-state index in [0.717, 1.165) is 55.0 Å². The fraction of sp³-hybridized carbons (Fsp3) is 0.450. The maximum Gasteiger partial charge on any atom is 0.253 e. The zero-order valence-electron chi connectivity index (χ0n) is 15.4. The number of anilines is 1. The van der Waals surface area contributed by atoms with Gasteiger partial charge in [0.2, 0.25) is 0 Å². The lowest BCUT2D eigenvalue weighted by atomic mass is 9.92. The number of carbonyl (C=O) groups is 1. The summed E-state index contributed by atoms with van der Waals surface area (Å²) in [4.78, 5) is 23.7. The molecule has 2 heterocycles. The highest BCUT2D eigenvalue weighted by atomic mass is 16.5. The van der Waals surface area contributed by atoms with E-state index in [0.29, 0.717) is 12.5 Å². The molecule has 1 aliphatic rings. The van der Waals surface area contributed by atoms with E-state index < -0.39 is 0 Å². The van der Waals surface area contributed by atoms with Crippen LogP contribution in [0.1, 0.15) is 34.5 Å². The third-order valence-corrected chi connectivity index (χ3v) is 4.78. The number of rotatable bonds is 6. The molecule has 6 heteroatoms. The Morgan fingerprint density at radius 1 is 1.35 bits per heavy atom. The zero-order valence-corrected chi connectivity index (χ0v) is 15.4. The number of methoxy groups -OCH3 is 1. The molecule has 138 valence electrons. The van der Waals surface area contributed by atoms with Crippen molar-refractivity contribution in [3.05, 3.63) is 53.5 Å². The highest BCUT2D eigenvalue weighted by molar-refractivity contribution is 5.94. The molecular weight excluding hydrogens is 328 g/mol. The topological polar surface area (TPSA) is 67.4 Å². The van der Waals surface area contributed by atoms with Crippen molar-refractivity contribution in [1.82, 2.24) is 14.9 Å². The van der Waals surface area contributed by atoms with E-state index in [-0.39, 0.29) is 5.91 Å². The van der Waals surface area contributed by atoms with Gasteiger partial charge in [0.05, 0.1) is 12.3 Å². The van der Waals surface area contributed by atoms with Crippen molar-refractivity contribution in [2.24, 2.45) is 5.92 Å². The van der Waals surface area contributed by atoms with Crippen molar-refractivity contribution in [3.63, 3.8) is 0 Å². The van der Waals surface area contributed by atoms with Crippen LogP contribution in [0.2, 0.25) is 0 Å². The summed E-state index contributed by atoms with van der Waals surface area (Å²) in [5.74, 6) is 1.32. The number of amides is 1. The summed E-state index contributed by atoms with van der Waals surface area (Å²) >= 11 is 0. The van der Waals surface area contributed by atoms with Crippen LogP contribution in [-0.4, -0.2) is 48.0 Å². The van der Waals surface area contributed by atoms with Crippen LogP contribution in [0.4, 0.5) is 5.82 Å². The average Bonchev–Trinajstić information content (AvgIpc) is 2.68. The van der Waals surface area contributed by atoms with Gasteiger partial charge in [0, 0.05) is 45.2 Å². The number of likely N-dealkylation sites (tertiary alicyclic amines) is 1. The van der Waals surface area contributed by atoms with Crippen molar-refractivity contribution in [1.29, 1.82) is 0 Å². The van der Waals surface area contributed by atoms with Gasteiger partial charge in [0.1, 0.15) is 5.82 Å². The van der Waals surface area contributed by atoms with E-state index in [9.17, 15) is 4.79 Å². The van der Waals surface area contributed by atoms with Gasteiger partial charge in [0.25, 0.3) is 5.91 Å². The Morgan fingerprint density at radius 2 is 2.19 bits per heavy atom. The van der Waals surface area contributed by atoms with Crippen molar-refractivity contribution in [2.45, 2.75) is 25.9 Å². The first-order valence-electron chi connectivity index (χ1n) is 9.06. The summed E-state index contributed by atoms with van der Waals surface area (Å²) < 4.78 is 5.17. The van der Waals surface area contributed by atoms with E-state index >= 15 is 0 Å². The molecule has 0 bridgehead atoms. The lowest BCUT2D eigenvalue weighted by Crippen LogP contribution is -2.40. The first-order chi connectivity index (χ1) is 12.7. The maximum absolute atomic E-state index is 12.9. The van der Waals surface area contributed by atoms with Crippen molar-refractivity contribution >= 4 is 11.7 Å². The second kappa shape index (κ2) is 8.76. The van der Waals surface area contributed by atoms with Gasteiger partial charge in [-0.3, -0.25) is 9.78 Å². The number of nitrogens with one attached hydrogen (secondary N) is 1. The number of aromatic nitrogens is 2. The van der Waals surface area contributed by atoms with Gasteiger partial charge in [-0.2, -0.15) is 0 Å². The average molecular weight is 354 g/mol. The normalized spacial score (nSPS) is 17.2. The second-order valence-corrected chi connectivity index (χ2v) is 6.70. The fourth-order valence-corrected chi connectivity index (χ4v) is 3.56. The number of benzene rings is 1. The highest BCUT2D eigenvalue weighted by Gasteiger charge is 2.25. The molecule has 1 aromatic carbocycles. The van der Waals surface area contributed by atoms with Gasteiger partial charge in [0.15, 0.2) is 0 Å². The van der Waals surface area contributed by atoms with Gasteiger partial charge in [-0.25, -0.2) is 4.98 Å². The largest absolute Gasteiger partial charge is 0.380 e. The van der Waals surface area contributed by atoms with Crippen LogP contribution in [0.3, 0.4) is 0 Å². The summed E-state index contributed by atoms with van der Waals surface area (Å²) in [7, 11) is 3.52. The zero-order chi connectivity index (χ0) is 18.4. The molecule has 0 saturated carbocycles. The number of carbonyl (C=O) groups excluding carboxylic acids is 1. The molecular formula is C20H26N4O2. The molecule has 0 unspecified atom stereocenters. The Hall–Kier alpha value is -2.47. The number of ether oxygens (including phenoxy) is 1. The SMILES string of the molecule is CNc1nccnc1C[C@@H]1CCCN(C(=O)c2cccc(COC)c2)C1. The van der Waals surface area contributed by atoms with Crippen LogP contribution in [0.25, 0.3) is 0 Å². The van der Waals surface area contributed by atoms with Crippen LogP contribution in [0.15, 0.2) is 36.7 Å². The van der Waals surface area contributed by atoms with Crippen molar-refractivity contribution in [2.75, 3.05) is 32.6 Å². The number of hydrogen-bond acceptors (Lipinski definition) is 5. The van der Waals surface area contributed by atoms with Crippen LogP contribution in [0.5, 0.6) is 0 Å². The molecule has 26 heavy (non-hydrogen) atoms. The fourth-order valence-electron chi connectivity index (χ4n) is 3.56. The van der Waals surface area contributed by atoms with E-state index in [1.807, 2.05) is 36.2 Å². The maximum atomic E-state index is 12.9. The van der Waals surface area contributed by atoms with Gasteiger partial charge < -0.3 is 15.0 Å². The molecule has 1 N–H and O–H groups in total. The molecule has 0 aliphatic carbocycles. The third kappa shape index (κ3) is 4.38. The Balaban J connectivity index is 1.68. The molecule has 1 atom stereocenters. The quantitative estimate of drug-likeness (QED) is 0.864. The molecule has 1 aliphatic heterocycles. The predicted molar refractivity (Wildman–Crippen MR) is 101 cm³/mol. The molecule has 0 spiro atoms. The molecule has 0 radical (unpaired) electrons. The van der Waals surface area contributed by atoms with E-state index in [2.05, 4.69) is 15.3 Å². The van der Waals surface area contributed by atoms with Crippen LogP contribution < -0.4 is 5.32 Å². The first-order valence-corrected chi connectivity index (χ1v) is 9.06. The Morgan fingerprint density at radius 3 is 3.00 bits per heavy atom. The smallest absolute Gasteiger partial charge is 0.253 e. The second-order valence-electron chi connectivity index (χ2n) is 6.70. The minimum atomic E-state index is 0.0978. The molecule has 1 aromatic heterocycles. The summed E-state index contributed by atoms with van der Waals surface area (Å²) in [6.45, 7) is 2.08. The standard InChI is InChI=1S/C20H26N4O2/c1-21-19-18(22-8-9-23-19)12-15-6-4-10-24(13-15)20(25)17-7-3-5-16(11-17)14-26-2/h3,5,7-9,11,15H,4,6,10,12-14H2,1-2H3,(H,21,23)/t15-/m0/s1. The van der Waals surface area contributed by atoms with Gasteiger partial charge >= 0.3 is 0 Å². The molecule has 1 saturated heterocycles. The third-order valence-electron chi connectivity index (χ3n) is 4.78. The lowest BCUT2D eigenvalue weighted by Gasteiger charge is -2.33. The predicted octanol–water partition coefficient (Wildman–Crippen LogP) is 2.76. The molecule has 6 nitrogen and oxygen atoms in total. The minimum absolute atomic E-state index is 0.0978. The summed E-state index contributed by atoms with van der Waals surface area (Å²) in [5.41, 5.74) is 2.72. The number of piperidine rings is 1. The molecule has 1 amide bonds. The van der Waals surface area contributed by atoms with Gasteiger partial charge in [-0.15, -0.1) is 0 Å². The van der Waals surface area contributed by atoms with E-state index in [4.69, 9.17) is 4.74 Å². The molecule has 1 fully saturated rings. The van der Waals surface area contributed by atoms with E-state index in [1.54, 1.807) is 19.5 Å². The summed E-state index contributed by atoms with van der Waals surface area (Å²) in [5, 5.41) is 3.10. The Kier molecular flexibility index (Phi) is 6.17. The van der Waals surface area contributed by atoms with Crippen LogP contribution in [0, 0.1) is 5.92 Å². The lowest BCUT2D eigenvalue weighted by molar-refractivity contribution is 0.0672. The van der Waals surface area contributed by atoms with Gasteiger partial charge in [-0.1, -0.05) is 12.1 Å². The van der Waals surface area contributed by atoms with Crippen LogP contribution in [-0.2, 0) is 17.8 Å². The molecule has 2 aromatic rings. The Labute approximate surface area is 154 Å². The van der Waals surface area contributed by atoms with Crippen molar-refractivity contribution < 1.29 is 9.53 Å². The van der Waals surface area contributed by atoms with E-state index in [1.165, 1.54) is 0 Å². The van der Waals surface area contributed by atoms with Crippen LogP contribution >= 0.6 is 0 Å². The minimum Gasteiger partial charge on any atom is -0.380 e. The summed E-state index contributed by atoms with van der Waals surface area (Å²) in [6, 6.07) is 7.71. The Bertz CT molecular complexity index is 750. The molecule has 3 rings (SSSR count). The monoisotopic (exact) mass is 354 g/mol. The number of nitrogens with zero attached hydrogens (tertiary/aromatic N) is 3. The number of hydrogen-bond donors (Lipinski definition) is 1. The highest BCUT2D eigenvalue weighted by Crippen LogP contribution is 2.24. The van der Waals surface area contributed by atoms with Gasteiger partial charge in [-0.05, 0) is 42.9 Å².